The molecular formula is C14H11NO3S. The summed E-state index contributed by atoms with van der Waals surface area (Å²) in [5.74, 6) is 0. The van der Waals surface area contributed by atoms with Gasteiger partial charge in [-0.25, -0.2) is 0 Å². The molecule has 0 aliphatic rings. The fraction of sp³-hybridized carbons (Fsp3) is 0.0714. The molecule has 0 saturated heterocycles. The number of nitriles is 1. The molecule has 2 aromatic rings. The summed E-state index contributed by atoms with van der Waals surface area (Å²) in [5.41, 5.74) is 1.53. The molecule has 4 nitrogen and oxygen atoms in total. The average Bonchev–Trinajstić information content (AvgIpc) is 2.38. The Morgan fingerprint density at radius 3 is 2.32 bits per heavy atom. The van der Waals surface area contributed by atoms with Crippen molar-refractivity contribution in [2.24, 2.45) is 0 Å². The van der Waals surface area contributed by atoms with Crippen molar-refractivity contribution in [3.8, 4) is 6.07 Å². The van der Waals surface area contributed by atoms with Crippen LogP contribution in [0.15, 0.2) is 53.4 Å². The van der Waals surface area contributed by atoms with Crippen molar-refractivity contribution in [3.63, 3.8) is 0 Å². The number of benzene rings is 2. The first-order valence-electron chi connectivity index (χ1n) is 5.56. The lowest BCUT2D eigenvalue weighted by molar-refractivity contribution is 0.483. The molecule has 0 radical (unpaired) electrons. The number of hydrogen-bond acceptors (Lipinski definition) is 3. The van der Waals surface area contributed by atoms with Crippen LogP contribution in [-0.4, -0.2) is 13.0 Å². The van der Waals surface area contributed by atoms with Gasteiger partial charge in [0.2, 0.25) is 0 Å². The van der Waals surface area contributed by atoms with Crippen LogP contribution in [0.4, 0.5) is 0 Å². The summed E-state index contributed by atoms with van der Waals surface area (Å²) < 4.78 is 31.6. The number of rotatable bonds is 3. The highest BCUT2D eigenvalue weighted by molar-refractivity contribution is 7.85. The topological polar surface area (TPSA) is 78.2 Å². The molecule has 0 aliphatic carbocycles. The van der Waals surface area contributed by atoms with E-state index in [2.05, 4.69) is 0 Å². The molecule has 1 N–H and O–H groups in total. The SMILES string of the molecule is N#Cc1c(Cc2ccccc2)cccc1S(=O)(=O)O. The molecule has 0 aromatic heterocycles. The highest BCUT2D eigenvalue weighted by atomic mass is 32.2. The molecule has 0 unspecified atom stereocenters. The lowest BCUT2D eigenvalue weighted by Gasteiger charge is -2.07. The largest absolute Gasteiger partial charge is 0.295 e. The van der Waals surface area contributed by atoms with E-state index in [0.717, 1.165) is 5.56 Å². The standard InChI is InChI=1S/C14H11NO3S/c15-10-13-12(9-11-5-2-1-3-6-11)7-4-8-14(13)19(16,17)18/h1-8H,9H2,(H,16,17,18). The van der Waals surface area contributed by atoms with Gasteiger partial charge in [-0.1, -0.05) is 42.5 Å². The van der Waals surface area contributed by atoms with Gasteiger partial charge in [0.1, 0.15) is 11.0 Å². The van der Waals surface area contributed by atoms with Gasteiger partial charge in [0, 0.05) is 0 Å². The fourth-order valence-electron chi connectivity index (χ4n) is 1.88. The van der Waals surface area contributed by atoms with E-state index in [1.807, 2.05) is 36.4 Å². The van der Waals surface area contributed by atoms with Gasteiger partial charge in [0.15, 0.2) is 0 Å². The molecular weight excluding hydrogens is 262 g/mol. The minimum atomic E-state index is -4.38. The quantitative estimate of drug-likeness (QED) is 0.871. The lowest BCUT2D eigenvalue weighted by Crippen LogP contribution is -2.04. The molecule has 96 valence electrons. The molecule has 2 aromatic carbocycles. The van der Waals surface area contributed by atoms with E-state index in [4.69, 9.17) is 9.81 Å². The van der Waals surface area contributed by atoms with Crippen molar-refractivity contribution in [3.05, 3.63) is 65.2 Å². The number of nitrogens with zero attached hydrogens (tertiary/aromatic N) is 1. The normalized spacial score (nSPS) is 10.9. The van der Waals surface area contributed by atoms with Gasteiger partial charge >= 0.3 is 0 Å². The lowest BCUT2D eigenvalue weighted by atomic mass is 10.0. The Labute approximate surface area is 111 Å². The van der Waals surface area contributed by atoms with Crippen LogP contribution in [0.25, 0.3) is 0 Å². The van der Waals surface area contributed by atoms with Crippen LogP contribution >= 0.6 is 0 Å². The van der Waals surface area contributed by atoms with Gasteiger partial charge < -0.3 is 0 Å². The van der Waals surface area contributed by atoms with E-state index < -0.39 is 10.1 Å². The molecule has 0 atom stereocenters. The van der Waals surface area contributed by atoms with E-state index in [0.29, 0.717) is 12.0 Å². The molecule has 0 aliphatic heterocycles. The monoisotopic (exact) mass is 273 g/mol. The maximum atomic E-state index is 11.2. The van der Waals surface area contributed by atoms with Crippen LogP contribution in [0.3, 0.4) is 0 Å². The van der Waals surface area contributed by atoms with Crippen LogP contribution in [0.5, 0.6) is 0 Å². The van der Waals surface area contributed by atoms with E-state index in [1.165, 1.54) is 12.1 Å². The third-order valence-electron chi connectivity index (χ3n) is 2.74. The minimum Gasteiger partial charge on any atom is -0.282 e. The van der Waals surface area contributed by atoms with Gasteiger partial charge in [-0.15, -0.1) is 0 Å². The average molecular weight is 273 g/mol. The van der Waals surface area contributed by atoms with Crippen LogP contribution < -0.4 is 0 Å². The summed E-state index contributed by atoms with van der Waals surface area (Å²) in [7, 11) is -4.38. The molecule has 5 heteroatoms. The predicted octanol–water partition coefficient (Wildman–Crippen LogP) is 2.40. The van der Waals surface area contributed by atoms with Crippen LogP contribution in [-0.2, 0) is 16.5 Å². The minimum absolute atomic E-state index is 0.00569. The highest BCUT2D eigenvalue weighted by Crippen LogP contribution is 2.21. The zero-order valence-electron chi connectivity index (χ0n) is 9.95. The fourth-order valence-corrected chi connectivity index (χ4v) is 2.57. The Morgan fingerprint density at radius 2 is 1.74 bits per heavy atom. The van der Waals surface area contributed by atoms with E-state index in [9.17, 15) is 8.42 Å². The first-order chi connectivity index (χ1) is 9.02. The first kappa shape index (κ1) is 13.3. The van der Waals surface area contributed by atoms with E-state index in [-0.39, 0.29) is 10.5 Å². The molecule has 0 amide bonds. The molecule has 0 heterocycles. The molecule has 0 saturated carbocycles. The van der Waals surface area contributed by atoms with Crippen LogP contribution in [0.2, 0.25) is 0 Å². The maximum Gasteiger partial charge on any atom is 0.295 e. The summed E-state index contributed by atoms with van der Waals surface area (Å²) >= 11 is 0. The van der Waals surface area contributed by atoms with Gasteiger partial charge in [-0.2, -0.15) is 13.7 Å². The zero-order valence-corrected chi connectivity index (χ0v) is 10.8. The van der Waals surface area contributed by atoms with Crippen molar-refractivity contribution in [1.82, 2.24) is 0 Å². The van der Waals surface area contributed by atoms with Crippen molar-refractivity contribution in [1.29, 1.82) is 5.26 Å². The summed E-state index contributed by atoms with van der Waals surface area (Å²) in [4.78, 5) is -0.344. The van der Waals surface area contributed by atoms with Gasteiger partial charge in [-0.05, 0) is 23.6 Å². The smallest absolute Gasteiger partial charge is 0.282 e. The predicted molar refractivity (Wildman–Crippen MR) is 70.2 cm³/mol. The molecule has 0 fully saturated rings. The Hall–Kier alpha value is -2.16. The Bertz CT molecular complexity index is 731. The summed E-state index contributed by atoms with van der Waals surface area (Å²) in [6, 6.07) is 15.7. The van der Waals surface area contributed by atoms with E-state index in [1.54, 1.807) is 6.07 Å². The highest BCUT2D eigenvalue weighted by Gasteiger charge is 2.18. The van der Waals surface area contributed by atoms with Crippen molar-refractivity contribution >= 4 is 10.1 Å². The molecule has 19 heavy (non-hydrogen) atoms. The second kappa shape index (κ2) is 5.22. The van der Waals surface area contributed by atoms with Gasteiger partial charge in [0.25, 0.3) is 10.1 Å². The van der Waals surface area contributed by atoms with Gasteiger partial charge in [0.05, 0.1) is 5.56 Å². The van der Waals surface area contributed by atoms with Crippen LogP contribution in [0.1, 0.15) is 16.7 Å². The number of hydrogen-bond donors (Lipinski definition) is 1. The molecule has 0 spiro atoms. The second-order valence-electron chi connectivity index (χ2n) is 4.04. The van der Waals surface area contributed by atoms with Gasteiger partial charge in [-0.3, -0.25) is 4.55 Å². The summed E-state index contributed by atoms with van der Waals surface area (Å²) in [6.45, 7) is 0. The third kappa shape index (κ3) is 2.99. The Morgan fingerprint density at radius 1 is 1.05 bits per heavy atom. The van der Waals surface area contributed by atoms with Crippen molar-refractivity contribution < 1.29 is 13.0 Å². The summed E-state index contributed by atoms with van der Waals surface area (Å²) in [5, 5.41) is 9.12. The maximum absolute atomic E-state index is 11.2. The second-order valence-corrected chi connectivity index (χ2v) is 5.43. The zero-order chi connectivity index (χ0) is 13.9. The first-order valence-corrected chi connectivity index (χ1v) is 7.00. The Balaban J connectivity index is 2.51. The molecule has 0 bridgehead atoms. The van der Waals surface area contributed by atoms with Crippen molar-refractivity contribution in [2.75, 3.05) is 0 Å². The summed E-state index contributed by atoms with van der Waals surface area (Å²) in [6.07, 6.45) is 0.438. The molecule has 2 rings (SSSR count). The van der Waals surface area contributed by atoms with Crippen LogP contribution in [0, 0.1) is 11.3 Å². The Kier molecular flexibility index (Phi) is 3.65. The third-order valence-corrected chi connectivity index (χ3v) is 3.64. The van der Waals surface area contributed by atoms with Crippen molar-refractivity contribution in [2.45, 2.75) is 11.3 Å². The van der Waals surface area contributed by atoms with E-state index >= 15 is 0 Å².